The molecule has 0 amide bonds. The molecule has 0 aliphatic carbocycles. The molecule has 1 saturated heterocycles. The lowest BCUT2D eigenvalue weighted by atomic mass is 9.82. The minimum atomic E-state index is -0.454. The van der Waals surface area contributed by atoms with Gasteiger partial charge in [-0.25, -0.2) is 0 Å². The Morgan fingerprint density at radius 2 is 1.59 bits per heavy atom. The van der Waals surface area contributed by atoms with Gasteiger partial charge in [-0.15, -0.1) is 0 Å². The molecule has 2 aromatic carbocycles. The summed E-state index contributed by atoms with van der Waals surface area (Å²) in [6, 6.07) is 20.7. The van der Waals surface area contributed by atoms with Crippen LogP contribution >= 0.6 is 12.2 Å². The van der Waals surface area contributed by atoms with E-state index < -0.39 is 6.10 Å². The Morgan fingerprint density at radius 3 is 2.05 bits per heavy atom. The number of aliphatic hydroxyl groups is 1. The predicted octanol–water partition coefficient (Wildman–Crippen LogP) is 2.50. The average molecular weight is 312 g/mol. The van der Waals surface area contributed by atoms with Crippen molar-refractivity contribution in [1.82, 2.24) is 10.2 Å². The zero-order valence-electron chi connectivity index (χ0n) is 12.6. The first kappa shape index (κ1) is 15.0. The van der Waals surface area contributed by atoms with E-state index in [9.17, 15) is 5.11 Å². The highest BCUT2D eigenvalue weighted by molar-refractivity contribution is 7.80. The number of hydrogen-bond donors (Lipinski definition) is 2. The van der Waals surface area contributed by atoms with Crippen LogP contribution in [0.2, 0.25) is 0 Å². The van der Waals surface area contributed by atoms with Gasteiger partial charge < -0.3 is 15.3 Å². The standard InChI is InChI=1S/C18H20N2OS/c1-14(21)12-20-17(22)19-13-18(20,15-8-4-2-5-9-15)16-10-6-3-7-11-16/h2-11,14,21H,12-13H2,1H3,(H,19,22). The Balaban J connectivity index is 2.17. The quantitative estimate of drug-likeness (QED) is 0.851. The van der Waals surface area contributed by atoms with Gasteiger partial charge >= 0.3 is 0 Å². The number of nitrogens with zero attached hydrogens (tertiary/aromatic N) is 1. The van der Waals surface area contributed by atoms with Crippen LogP contribution in [0.25, 0.3) is 0 Å². The summed E-state index contributed by atoms with van der Waals surface area (Å²) in [5, 5.41) is 13.9. The lowest BCUT2D eigenvalue weighted by molar-refractivity contribution is 0.129. The Bertz CT molecular complexity index is 603. The Hall–Kier alpha value is -1.91. The summed E-state index contributed by atoms with van der Waals surface area (Å²) >= 11 is 5.51. The Morgan fingerprint density at radius 1 is 1.09 bits per heavy atom. The summed E-state index contributed by atoms with van der Waals surface area (Å²) in [7, 11) is 0. The fourth-order valence-electron chi connectivity index (χ4n) is 3.18. The van der Waals surface area contributed by atoms with Gasteiger partial charge in [-0.2, -0.15) is 0 Å². The van der Waals surface area contributed by atoms with Gasteiger partial charge in [-0.3, -0.25) is 0 Å². The molecule has 1 aliphatic rings. The zero-order valence-corrected chi connectivity index (χ0v) is 13.4. The molecule has 1 heterocycles. The summed E-state index contributed by atoms with van der Waals surface area (Å²) in [6.45, 7) is 2.99. The monoisotopic (exact) mass is 312 g/mol. The van der Waals surface area contributed by atoms with E-state index in [4.69, 9.17) is 12.2 Å². The maximum absolute atomic E-state index is 9.93. The van der Waals surface area contributed by atoms with Crippen LogP contribution < -0.4 is 5.32 Å². The van der Waals surface area contributed by atoms with Gasteiger partial charge in [-0.1, -0.05) is 60.7 Å². The molecule has 3 nitrogen and oxygen atoms in total. The molecule has 4 heteroatoms. The van der Waals surface area contributed by atoms with Gasteiger partial charge in [0.1, 0.15) is 5.54 Å². The fraction of sp³-hybridized carbons (Fsp3) is 0.278. The maximum atomic E-state index is 9.93. The van der Waals surface area contributed by atoms with E-state index in [0.29, 0.717) is 18.2 Å². The van der Waals surface area contributed by atoms with Crippen molar-refractivity contribution in [3.05, 3.63) is 71.8 Å². The predicted molar refractivity (Wildman–Crippen MR) is 92.7 cm³/mol. The van der Waals surface area contributed by atoms with E-state index in [2.05, 4.69) is 34.5 Å². The summed E-state index contributed by atoms with van der Waals surface area (Å²) in [6.07, 6.45) is -0.454. The molecule has 0 saturated carbocycles. The minimum absolute atomic E-state index is 0.378. The highest BCUT2D eigenvalue weighted by Crippen LogP contribution is 2.38. The van der Waals surface area contributed by atoms with Crippen LogP contribution in [-0.4, -0.2) is 34.3 Å². The highest BCUT2D eigenvalue weighted by atomic mass is 32.1. The van der Waals surface area contributed by atoms with Crippen LogP contribution in [0.4, 0.5) is 0 Å². The first-order valence-electron chi connectivity index (χ1n) is 7.49. The largest absolute Gasteiger partial charge is 0.392 e. The first-order chi connectivity index (χ1) is 10.6. The number of benzene rings is 2. The number of nitrogens with one attached hydrogen (secondary N) is 1. The van der Waals surface area contributed by atoms with E-state index >= 15 is 0 Å². The van der Waals surface area contributed by atoms with Crippen LogP contribution in [0.5, 0.6) is 0 Å². The second-order valence-corrected chi connectivity index (χ2v) is 6.10. The fourth-order valence-corrected chi connectivity index (χ4v) is 3.48. The topological polar surface area (TPSA) is 35.5 Å². The van der Waals surface area contributed by atoms with Crippen molar-refractivity contribution in [2.45, 2.75) is 18.6 Å². The van der Waals surface area contributed by atoms with Crippen molar-refractivity contribution in [3.8, 4) is 0 Å². The lowest BCUT2D eigenvalue weighted by Gasteiger charge is -2.40. The third-order valence-electron chi connectivity index (χ3n) is 4.15. The van der Waals surface area contributed by atoms with Crippen LogP contribution in [-0.2, 0) is 5.54 Å². The molecule has 3 rings (SSSR count). The lowest BCUT2D eigenvalue weighted by Crippen LogP contribution is -2.48. The first-order valence-corrected chi connectivity index (χ1v) is 7.90. The average Bonchev–Trinajstić information content (AvgIpc) is 2.87. The number of rotatable bonds is 4. The molecular weight excluding hydrogens is 292 g/mol. The summed E-state index contributed by atoms with van der Waals surface area (Å²) < 4.78 is 0. The van der Waals surface area contributed by atoms with Crippen molar-refractivity contribution in [2.24, 2.45) is 0 Å². The van der Waals surface area contributed by atoms with Crippen molar-refractivity contribution < 1.29 is 5.11 Å². The molecular formula is C18H20N2OS. The van der Waals surface area contributed by atoms with Crippen molar-refractivity contribution in [3.63, 3.8) is 0 Å². The van der Waals surface area contributed by atoms with Crippen LogP contribution in [0.3, 0.4) is 0 Å². The zero-order chi connectivity index (χ0) is 15.6. The highest BCUT2D eigenvalue weighted by Gasteiger charge is 2.46. The number of thiocarbonyl (C=S) groups is 1. The van der Waals surface area contributed by atoms with Gasteiger partial charge in [0.15, 0.2) is 5.11 Å². The molecule has 1 atom stereocenters. The molecule has 22 heavy (non-hydrogen) atoms. The molecule has 1 aliphatic heterocycles. The normalized spacial score (nSPS) is 18.1. The van der Waals surface area contributed by atoms with E-state index in [1.807, 2.05) is 36.4 Å². The minimum Gasteiger partial charge on any atom is -0.392 e. The van der Waals surface area contributed by atoms with Crippen molar-refractivity contribution in [2.75, 3.05) is 13.1 Å². The van der Waals surface area contributed by atoms with E-state index in [0.717, 1.165) is 0 Å². The van der Waals surface area contributed by atoms with Gasteiger partial charge in [0.25, 0.3) is 0 Å². The molecule has 114 valence electrons. The van der Waals surface area contributed by atoms with Gasteiger partial charge in [0.05, 0.1) is 6.10 Å². The number of β-amino-alcohol motifs (C(OH)–C–C–N with tert-alkyl or cyclic N) is 1. The van der Waals surface area contributed by atoms with Crippen molar-refractivity contribution >= 4 is 17.3 Å². The molecule has 2 N–H and O–H groups in total. The van der Waals surface area contributed by atoms with Crippen LogP contribution in [0.15, 0.2) is 60.7 Å². The van der Waals surface area contributed by atoms with Crippen molar-refractivity contribution in [1.29, 1.82) is 0 Å². The second-order valence-electron chi connectivity index (χ2n) is 5.71. The Kier molecular flexibility index (Phi) is 4.14. The number of aliphatic hydroxyl groups excluding tert-OH is 1. The van der Waals surface area contributed by atoms with E-state index in [-0.39, 0.29) is 5.54 Å². The molecule has 1 unspecified atom stereocenters. The smallest absolute Gasteiger partial charge is 0.170 e. The van der Waals surface area contributed by atoms with Crippen LogP contribution in [0.1, 0.15) is 18.1 Å². The van der Waals surface area contributed by atoms with E-state index in [1.165, 1.54) is 11.1 Å². The van der Waals surface area contributed by atoms with Crippen LogP contribution in [0, 0.1) is 0 Å². The molecule has 0 aromatic heterocycles. The second kappa shape index (κ2) is 6.07. The SMILES string of the molecule is CC(O)CN1C(=S)NCC1(c1ccccc1)c1ccccc1. The van der Waals surface area contributed by atoms with E-state index in [1.54, 1.807) is 6.92 Å². The third kappa shape index (κ3) is 2.49. The van der Waals surface area contributed by atoms with Gasteiger partial charge in [0.2, 0.25) is 0 Å². The summed E-state index contributed by atoms with van der Waals surface area (Å²) in [5.41, 5.74) is 1.97. The van der Waals surface area contributed by atoms with Gasteiger partial charge in [0, 0.05) is 13.1 Å². The number of hydrogen-bond acceptors (Lipinski definition) is 2. The third-order valence-corrected chi connectivity index (χ3v) is 4.52. The molecule has 2 aromatic rings. The molecule has 0 radical (unpaired) electrons. The summed E-state index contributed by atoms with van der Waals surface area (Å²) in [5.74, 6) is 0. The van der Waals surface area contributed by atoms with Gasteiger partial charge in [-0.05, 0) is 30.3 Å². The molecule has 1 fully saturated rings. The molecule has 0 spiro atoms. The maximum Gasteiger partial charge on any atom is 0.170 e. The Labute approximate surface area is 136 Å². The molecule has 0 bridgehead atoms. The summed E-state index contributed by atoms with van der Waals surface area (Å²) in [4.78, 5) is 2.11.